The molecule has 0 fully saturated rings. The summed E-state index contributed by atoms with van der Waals surface area (Å²) in [7, 11) is 0. The van der Waals surface area contributed by atoms with Gasteiger partial charge in [-0.2, -0.15) is 4.98 Å². The minimum absolute atomic E-state index is 0.422. The minimum atomic E-state index is 0.422. The summed E-state index contributed by atoms with van der Waals surface area (Å²) in [5.74, 6) is 0.915. The maximum atomic E-state index is 5.74. The number of nitrogens with one attached hydrogen (secondary N) is 1. The van der Waals surface area contributed by atoms with Gasteiger partial charge in [0, 0.05) is 31.5 Å². The number of nitrogen functional groups attached to an aromatic ring is 1. The van der Waals surface area contributed by atoms with Crippen molar-refractivity contribution in [3.63, 3.8) is 0 Å². The third-order valence-corrected chi connectivity index (χ3v) is 3.89. The Morgan fingerprint density at radius 3 is 2.57 bits per heavy atom. The lowest BCUT2D eigenvalue weighted by molar-refractivity contribution is 0.345. The first-order valence-electron chi connectivity index (χ1n) is 6.72. The fourth-order valence-corrected chi connectivity index (χ4v) is 2.36. The second-order valence-corrected chi connectivity index (χ2v) is 5.77. The average Bonchev–Trinajstić information content (AvgIpc) is 2.98. The molecule has 0 atom stereocenters. The van der Waals surface area contributed by atoms with Crippen LogP contribution in [0.15, 0.2) is 47.1 Å². The molecule has 0 radical (unpaired) electrons. The summed E-state index contributed by atoms with van der Waals surface area (Å²) < 4.78 is 0.697. The first-order chi connectivity index (χ1) is 10.2. The Labute approximate surface area is 132 Å². The van der Waals surface area contributed by atoms with Crippen molar-refractivity contribution in [2.24, 2.45) is 0 Å². The predicted molar refractivity (Wildman–Crippen MR) is 88.3 cm³/mol. The number of benzene rings is 1. The van der Waals surface area contributed by atoms with Crippen molar-refractivity contribution in [3.8, 4) is 0 Å². The van der Waals surface area contributed by atoms with E-state index in [0.717, 1.165) is 25.3 Å². The number of aromatic nitrogens is 2. The fourth-order valence-electron chi connectivity index (χ4n) is 2.17. The Morgan fingerprint density at radius 1 is 1.19 bits per heavy atom. The Hall–Kier alpha value is -1.92. The molecular weight excluding hydrogens is 330 g/mol. The second kappa shape index (κ2) is 6.24. The van der Waals surface area contributed by atoms with Gasteiger partial charge in [0.05, 0.1) is 4.47 Å². The minimum Gasteiger partial charge on any atom is -0.383 e. The third-order valence-electron chi connectivity index (χ3n) is 3.28. The molecule has 2 heterocycles. The van der Waals surface area contributed by atoms with Crippen molar-refractivity contribution in [1.82, 2.24) is 14.9 Å². The SMILES string of the molecule is Nc1nc(Nc2ccc(CN3CC=CC3)cc2)ncc1Br. The van der Waals surface area contributed by atoms with Gasteiger partial charge in [-0.25, -0.2) is 4.98 Å². The zero-order chi connectivity index (χ0) is 14.7. The van der Waals surface area contributed by atoms with Gasteiger partial charge in [0.2, 0.25) is 5.95 Å². The Morgan fingerprint density at radius 2 is 1.90 bits per heavy atom. The van der Waals surface area contributed by atoms with Crippen molar-refractivity contribution >= 4 is 33.4 Å². The Balaban J connectivity index is 1.64. The highest BCUT2D eigenvalue weighted by Crippen LogP contribution is 2.20. The molecule has 1 aromatic carbocycles. The van der Waals surface area contributed by atoms with Gasteiger partial charge in [0.25, 0.3) is 0 Å². The van der Waals surface area contributed by atoms with Gasteiger partial charge in [-0.05, 0) is 33.6 Å². The highest BCUT2D eigenvalue weighted by molar-refractivity contribution is 9.10. The highest BCUT2D eigenvalue weighted by Gasteiger charge is 2.07. The van der Waals surface area contributed by atoms with E-state index in [1.807, 2.05) is 12.1 Å². The van der Waals surface area contributed by atoms with Crippen LogP contribution >= 0.6 is 15.9 Å². The first-order valence-corrected chi connectivity index (χ1v) is 7.51. The number of halogens is 1. The van der Waals surface area contributed by atoms with E-state index >= 15 is 0 Å². The van der Waals surface area contributed by atoms with Crippen LogP contribution < -0.4 is 11.1 Å². The largest absolute Gasteiger partial charge is 0.383 e. The third kappa shape index (κ3) is 3.59. The molecular formula is C15H16BrN5. The van der Waals surface area contributed by atoms with E-state index < -0.39 is 0 Å². The fraction of sp³-hybridized carbons (Fsp3) is 0.200. The highest BCUT2D eigenvalue weighted by atomic mass is 79.9. The number of anilines is 3. The van der Waals surface area contributed by atoms with Crippen LogP contribution in [0, 0.1) is 0 Å². The summed E-state index contributed by atoms with van der Waals surface area (Å²) in [6, 6.07) is 8.28. The summed E-state index contributed by atoms with van der Waals surface area (Å²) >= 11 is 3.28. The smallest absolute Gasteiger partial charge is 0.229 e. The van der Waals surface area contributed by atoms with Gasteiger partial charge in [-0.15, -0.1) is 0 Å². The van der Waals surface area contributed by atoms with Crippen molar-refractivity contribution in [2.75, 3.05) is 24.1 Å². The molecule has 6 heteroatoms. The number of hydrogen-bond acceptors (Lipinski definition) is 5. The quantitative estimate of drug-likeness (QED) is 0.834. The summed E-state index contributed by atoms with van der Waals surface area (Å²) in [6.07, 6.45) is 6.04. The molecule has 1 aromatic heterocycles. The van der Waals surface area contributed by atoms with Crippen LogP contribution in [0.4, 0.5) is 17.5 Å². The molecule has 108 valence electrons. The van der Waals surface area contributed by atoms with Crippen LogP contribution in [0.3, 0.4) is 0 Å². The Kier molecular flexibility index (Phi) is 4.17. The molecule has 1 aliphatic heterocycles. The number of nitrogens with two attached hydrogens (primary N) is 1. The summed E-state index contributed by atoms with van der Waals surface area (Å²) in [5.41, 5.74) is 7.98. The van der Waals surface area contributed by atoms with Gasteiger partial charge in [-0.3, -0.25) is 4.90 Å². The van der Waals surface area contributed by atoms with Gasteiger partial charge in [0.1, 0.15) is 5.82 Å². The standard InChI is InChI=1S/C15H16BrN5/c16-13-9-18-15(20-14(13)17)19-12-5-3-11(4-6-12)10-21-7-1-2-8-21/h1-6,9H,7-8,10H2,(H3,17,18,19,20). The van der Waals surface area contributed by atoms with E-state index in [1.54, 1.807) is 6.20 Å². The molecule has 0 saturated carbocycles. The predicted octanol–water partition coefficient (Wildman–Crippen LogP) is 2.94. The van der Waals surface area contributed by atoms with Crippen molar-refractivity contribution < 1.29 is 0 Å². The average molecular weight is 346 g/mol. The summed E-state index contributed by atoms with van der Waals surface area (Å²) in [5, 5.41) is 3.14. The van der Waals surface area contributed by atoms with Crippen molar-refractivity contribution in [2.45, 2.75) is 6.54 Å². The van der Waals surface area contributed by atoms with E-state index in [4.69, 9.17) is 5.73 Å². The molecule has 0 spiro atoms. The van der Waals surface area contributed by atoms with Crippen LogP contribution in [0.5, 0.6) is 0 Å². The first kappa shape index (κ1) is 14.0. The summed E-state index contributed by atoms with van der Waals surface area (Å²) in [6.45, 7) is 3.03. The normalized spacial score (nSPS) is 14.5. The van der Waals surface area contributed by atoms with E-state index in [1.165, 1.54) is 5.56 Å². The van der Waals surface area contributed by atoms with Crippen LogP contribution in [0.1, 0.15) is 5.56 Å². The maximum absolute atomic E-state index is 5.74. The van der Waals surface area contributed by atoms with Gasteiger partial charge >= 0.3 is 0 Å². The zero-order valence-electron chi connectivity index (χ0n) is 11.5. The van der Waals surface area contributed by atoms with Crippen LogP contribution in [0.2, 0.25) is 0 Å². The van der Waals surface area contributed by atoms with Gasteiger partial charge < -0.3 is 11.1 Å². The monoisotopic (exact) mass is 345 g/mol. The van der Waals surface area contributed by atoms with Crippen LogP contribution in [-0.4, -0.2) is 28.0 Å². The zero-order valence-corrected chi connectivity index (χ0v) is 13.0. The molecule has 0 aliphatic carbocycles. The van der Waals surface area contributed by atoms with Crippen molar-refractivity contribution in [1.29, 1.82) is 0 Å². The van der Waals surface area contributed by atoms with E-state index in [0.29, 0.717) is 16.2 Å². The maximum Gasteiger partial charge on any atom is 0.229 e. The number of nitrogens with zero attached hydrogens (tertiary/aromatic N) is 3. The van der Waals surface area contributed by atoms with Gasteiger partial charge in [-0.1, -0.05) is 24.3 Å². The van der Waals surface area contributed by atoms with E-state index in [2.05, 4.69) is 60.4 Å². The van der Waals surface area contributed by atoms with Crippen LogP contribution in [-0.2, 0) is 6.54 Å². The molecule has 2 aromatic rings. The number of hydrogen-bond donors (Lipinski definition) is 2. The summed E-state index contributed by atoms with van der Waals surface area (Å²) in [4.78, 5) is 10.7. The lowest BCUT2D eigenvalue weighted by Crippen LogP contribution is -2.18. The molecule has 0 amide bonds. The molecule has 21 heavy (non-hydrogen) atoms. The molecule has 1 aliphatic rings. The topological polar surface area (TPSA) is 67.1 Å². The van der Waals surface area contributed by atoms with E-state index in [9.17, 15) is 0 Å². The van der Waals surface area contributed by atoms with E-state index in [-0.39, 0.29) is 0 Å². The molecule has 3 N–H and O–H groups in total. The van der Waals surface area contributed by atoms with Crippen molar-refractivity contribution in [3.05, 3.63) is 52.7 Å². The molecule has 0 unspecified atom stereocenters. The van der Waals surface area contributed by atoms with Gasteiger partial charge in [0.15, 0.2) is 0 Å². The molecule has 5 nitrogen and oxygen atoms in total. The molecule has 3 rings (SSSR count). The molecule has 0 saturated heterocycles. The molecule has 0 bridgehead atoms. The second-order valence-electron chi connectivity index (χ2n) is 4.91. The lowest BCUT2D eigenvalue weighted by Gasteiger charge is -2.15. The lowest BCUT2D eigenvalue weighted by atomic mass is 10.2. The van der Waals surface area contributed by atoms with Crippen LogP contribution in [0.25, 0.3) is 0 Å². The number of rotatable bonds is 4. The Bertz CT molecular complexity index is 646.